The number of carbonyl (C=O) groups is 2. The summed E-state index contributed by atoms with van der Waals surface area (Å²) >= 11 is 0. The van der Waals surface area contributed by atoms with Crippen LogP contribution in [0.25, 0.3) is 0 Å². The van der Waals surface area contributed by atoms with E-state index in [0.717, 1.165) is 25.9 Å². The van der Waals surface area contributed by atoms with Crippen molar-refractivity contribution in [1.82, 2.24) is 10.2 Å². The van der Waals surface area contributed by atoms with Crippen molar-refractivity contribution in [2.45, 2.75) is 32.2 Å². The van der Waals surface area contributed by atoms with Crippen molar-refractivity contribution in [2.75, 3.05) is 19.6 Å². The van der Waals surface area contributed by atoms with Gasteiger partial charge in [0.2, 0.25) is 5.91 Å². The lowest BCUT2D eigenvalue weighted by Crippen LogP contribution is -2.41. The number of nitrogens with zero attached hydrogens (tertiary/aromatic N) is 1. The van der Waals surface area contributed by atoms with Crippen molar-refractivity contribution in [1.29, 1.82) is 0 Å². The molecular formula is C12H20N2O3. The first-order valence-electron chi connectivity index (χ1n) is 6.32. The van der Waals surface area contributed by atoms with Crippen molar-refractivity contribution in [2.24, 2.45) is 11.8 Å². The molecule has 1 aliphatic heterocycles. The third-order valence-corrected chi connectivity index (χ3v) is 3.67. The maximum Gasteiger partial charge on any atom is 0.305 e. The number of nitrogens with one attached hydrogen (secondary N) is 1. The van der Waals surface area contributed by atoms with E-state index in [1.54, 1.807) is 4.90 Å². The third-order valence-electron chi connectivity index (χ3n) is 3.67. The van der Waals surface area contributed by atoms with Crippen LogP contribution in [-0.4, -0.2) is 47.6 Å². The van der Waals surface area contributed by atoms with Crippen LogP contribution < -0.4 is 5.32 Å². The molecule has 0 aromatic carbocycles. The van der Waals surface area contributed by atoms with Gasteiger partial charge in [-0.25, -0.2) is 0 Å². The van der Waals surface area contributed by atoms with Gasteiger partial charge in [0.1, 0.15) is 0 Å². The Bertz CT molecular complexity index is 315. The van der Waals surface area contributed by atoms with Crippen LogP contribution in [0.4, 0.5) is 0 Å². The van der Waals surface area contributed by atoms with Crippen molar-refractivity contribution in [3.05, 3.63) is 0 Å². The molecule has 0 spiro atoms. The van der Waals surface area contributed by atoms with Crippen LogP contribution in [0.5, 0.6) is 0 Å². The van der Waals surface area contributed by atoms with E-state index in [1.807, 2.05) is 0 Å². The molecule has 17 heavy (non-hydrogen) atoms. The number of aliphatic carboxylic acids is 1. The molecule has 1 aliphatic carbocycles. The summed E-state index contributed by atoms with van der Waals surface area (Å²) in [7, 11) is 0. The molecule has 0 aromatic rings. The molecule has 0 unspecified atom stereocenters. The van der Waals surface area contributed by atoms with Gasteiger partial charge in [0.15, 0.2) is 0 Å². The van der Waals surface area contributed by atoms with Crippen LogP contribution in [0.2, 0.25) is 0 Å². The van der Waals surface area contributed by atoms with Gasteiger partial charge in [-0.1, -0.05) is 6.92 Å². The third kappa shape index (κ3) is 2.97. The van der Waals surface area contributed by atoms with E-state index in [0.29, 0.717) is 18.5 Å². The number of rotatable bonds is 5. The topological polar surface area (TPSA) is 69.6 Å². The lowest BCUT2D eigenvalue weighted by molar-refractivity contribution is -0.140. The van der Waals surface area contributed by atoms with E-state index in [4.69, 9.17) is 5.11 Å². The standard InChI is InChI=1S/C12H20N2O3/c1-8-6-13-7-10(8)12(17)14(9-2-3-9)5-4-11(15)16/h8-10,13H,2-7H2,1H3,(H,15,16)/t8-,10-/m1/s1. The molecule has 2 aliphatic rings. The summed E-state index contributed by atoms with van der Waals surface area (Å²) in [5, 5.41) is 11.9. The van der Waals surface area contributed by atoms with E-state index in [-0.39, 0.29) is 18.2 Å². The Labute approximate surface area is 101 Å². The minimum Gasteiger partial charge on any atom is -0.481 e. The second kappa shape index (κ2) is 5.04. The SMILES string of the molecule is C[C@@H]1CNC[C@H]1C(=O)N(CCC(=O)O)C1CC1. The number of hydrogen-bond acceptors (Lipinski definition) is 3. The summed E-state index contributed by atoms with van der Waals surface area (Å²) in [6, 6.07) is 0.301. The van der Waals surface area contributed by atoms with Crippen LogP contribution in [-0.2, 0) is 9.59 Å². The lowest BCUT2D eigenvalue weighted by Gasteiger charge is -2.26. The Kier molecular flexibility index (Phi) is 3.66. The molecule has 0 radical (unpaired) electrons. The summed E-state index contributed by atoms with van der Waals surface area (Å²) in [6.07, 6.45) is 2.11. The monoisotopic (exact) mass is 240 g/mol. The summed E-state index contributed by atoms with van der Waals surface area (Å²) in [5.41, 5.74) is 0. The predicted molar refractivity (Wildman–Crippen MR) is 62.5 cm³/mol. The van der Waals surface area contributed by atoms with Gasteiger partial charge >= 0.3 is 5.97 Å². The van der Waals surface area contributed by atoms with Crippen LogP contribution in [0.15, 0.2) is 0 Å². The second-order valence-electron chi connectivity index (χ2n) is 5.15. The van der Waals surface area contributed by atoms with E-state index in [9.17, 15) is 9.59 Å². The fourth-order valence-electron chi connectivity index (χ4n) is 2.43. The summed E-state index contributed by atoms with van der Waals surface area (Å²) in [4.78, 5) is 24.7. The molecule has 1 heterocycles. The van der Waals surface area contributed by atoms with Crippen molar-refractivity contribution >= 4 is 11.9 Å². The Morgan fingerprint density at radius 2 is 2.06 bits per heavy atom. The fraction of sp³-hybridized carbons (Fsp3) is 0.833. The minimum absolute atomic E-state index is 0.0318. The van der Waals surface area contributed by atoms with Gasteiger partial charge in [0, 0.05) is 19.1 Å². The predicted octanol–water partition coefficient (Wildman–Crippen LogP) is 0.308. The largest absolute Gasteiger partial charge is 0.481 e. The van der Waals surface area contributed by atoms with Crippen LogP contribution in [0, 0.1) is 11.8 Å². The van der Waals surface area contributed by atoms with E-state index in [1.165, 1.54) is 0 Å². The number of carboxylic acids is 1. The maximum absolute atomic E-state index is 12.3. The van der Waals surface area contributed by atoms with E-state index in [2.05, 4.69) is 12.2 Å². The number of hydrogen-bond donors (Lipinski definition) is 2. The molecule has 2 atom stereocenters. The van der Waals surface area contributed by atoms with Gasteiger partial charge in [0.05, 0.1) is 12.3 Å². The molecule has 5 heteroatoms. The zero-order valence-electron chi connectivity index (χ0n) is 10.2. The molecule has 96 valence electrons. The number of amides is 1. The minimum atomic E-state index is -0.832. The highest BCUT2D eigenvalue weighted by Gasteiger charge is 2.39. The van der Waals surface area contributed by atoms with Gasteiger partial charge in [-0.2, -0.15) is 0 Å². The highest BCUT2D eigenvalue weighted by atomic mass is 16.4. The van der Waals surface area contributed by atoms with Crippen LogP contribution in [0.1, 0.15) is 26.2 Å². The second-order valence-corrected chi connectivity index (χ2v) is 5.15. The Morgan fingerprint density at radius 1 is 1.35 bits per heavy atom. The fourth-order valence-corrected chi connectivity index (χ4v) is 2.43. The van der Waals surface area contributed by atoms with Gasteiger partial charge in [-0.15, -0.1) is 0 Å². The zero-order chi connectivity index (χ0) is 12.4. The summed E-state index contributed by atoms with van der Waals surface area (Å²) < 4.78 is 0. The van der Waals surface area contributed by atoms with Gasteiger partial charge in [-0.3, -0.25) is 9.59 Å². The Hall–Kier alpha value is -1.10. The maximum atomic E-state index is 12.3. The number of carbonyl (C=O) groups excluding carboxylic acids is 1. The molecule has 2 rings (SSSR count). The molecule has 1 saturated carbocycles. The molecule has 2 fully saturated rings. The van der Waals surface area contributed by atoms with Crippen molar-refractivity contribution < 1.29 is 14.7 Å². The molecule has 1 saturated heterocycles. The average molecular weight is 240 g/mol. The molecule has 0 aromatic heterocycles. The first-order chi connectivity index (χ1) is 8.09. The lowest BCUT2D eigenvalue weighted by atomic mass is 9.96. The van der Waals surface area contributed by atoms with Crippen molar-refractivity contribution in [3.8, 4) is 0 Å². The molecule has 1 amide bonds. The summed E-state index contributed by atoms with van der Waals surface area (Å²) in [6.45, 7) is 4.05. The van der Waals surface area contributed by atoms with E-state index >= 15 is 0 Å². The number of carboxylic acid groups (broad SMARTS) is 1. The highest BCUT2D eigenvalue weighted by Crippen LogP contribution is 2.30. The van der Waals surface area contributed by atoms with Crippen LogP contribution >= 0.6 is 0 Å². The smallest absolute Gasteiger partial charge is 0.305 e. The van der Waals surface area contributed by atoms with Crippen LogP contribution in [0.3, 0.4) is 0 Å². The normalized spacial score (nSPS) is 28.1. The molecular weight excluding hydrogens is 220 g/mol. The average Bonchev–Trinajstić information content (AvgIpc) is 3.00. The Balaban J connectivity index is 1.95. The molecule has 0 bridgehead atoms. The molecule has 5 nitrogen and oxygen atoms in total. The van der Waals surface area contributed by atoms with Gasteiger partial charge in [0.25, 0.3) is 0 Å². The quantitative estimate of drug-likeness (QED) is 0.725. The van der Waals surface area contributed by atoms with Gasteiger partial charge in [-0.05, 0) is 25.3 Å². The first kappa shape index (κ1) is 12.4. The highest BCUT2D eigenvalue weighted by molar-refractivity contribution is 5.81. The van der Waals surface area contributed by atoms with Crippen molar-refractivity contribution in [3.63, 3.8) is 0 Å². The van der Waals surface area contributed by atoms with Gasteiger partial charge < -0.3 is 15.3 Å². The molecule has 2 N–H and O–H groups in total. The summed E-state index contributed by atoms with van der Waals surface area (Å²) in [5.74, 6) is -0.301. The zero-order valence-corrected chi connectivity index (χ0v) is 10.2. The van der Waals surface area contributed by atoms with E-state index < -0.39 is 5.97 Å². The first-order valence-corrected chi connectivity index (χ1v) is 6.32. The Morgan fingerprint density at radius 3 is 2.53 bits per heavy atom.